The summed E-state index contributed by atoms with van der Waals surface area (Å²) in [6.45, 7) is 2.19. The first kappa shape index (κ1) is 15.2. The van der Waals surface area contributed by atoms with Crippen LogP contribution in [0.3, 0.4) is 0 Å². The molecule has 0 radical (unpaired) electrons. The van der Waals surface area contributed by atoms with Crippen molar-refractivity contribution in [1.29, 1.82) is 0 Å². The van der Waals surface area contributed by atoms with Crippen LogP contribution in [0.2, 0.25) is 0 Å². The highest BCUT2D eigenvalue weighted by atomic mass is 32.1. The number of hydrogen-bond donors (Lipinski definition) is 2. The first-order valence-corrected chi connectivity index (χ1v) is 7.68. The monoisotopic (exact) mass is 331 g/mol. The third-order valence-electron chi connectivity index (χ3n) is 3.46. The van der Waals surface area contributed by atoms with Gasteiger partial charge in [0.2, 0.25) is 0 Å². The largest absolute Gasteiger partial charge is 0.365 e. The second-order valence-electron chi connectivity index (χ2n) is 5.09. The molecular formula is C14H17N7OS. The third kappa shape index (κ3) is 2.82. The van der Waals surface area contributed by atoms with Crippen LogP contribution in [-0.4, -0.2) is 29.2 Å². The predicted molar refractivity (Wildman–Crippen MR) is 88.5 cm³/mol. The fraction of sp³-hybridized carbons (Fsp3) is 0.286. The van der Waals surface area contributed by atoms with Gasteiger partial charge in [0.1, 0.15) is 6.54 Å². The van der Waals surface area contributed by atoms with Gasteiger partial charge in [-0.2, -0.15) is 14.9 Å². The number of H-pyrrole nitrogens is 1. The number of aromatic amines is 1. The summed E-state index contributed by atoms with van der Waals surface area (Å²) in [5.41, 5.74) is 0.497. The van der Waals surface area contributed by atoms with Crippen LogP contribution in [0.4, 0.5) is 0 Å². The van der Waals surface area contributed by atoms with Gasteiger partial charge in [-0.1, -0.05) is 25.1 Å². The van der Waals surface area contributed by atoms with Crippen molar-refractivity contribution in [3.05, 3.63) is 57.2 Å². The van der Waals surface area contributed by atoms with Crippen molar-refractivity contribution < 1.29 is 0 Å². The maximum atomic E-state index is 12.2. The normalized spacial score (nSPS) is 11.0. The molecule has 0 unspecified atom stereocenters. The number of aromatic nitrogens is 6. The molecule has 0 amide bonds. The summed E-state index contributed by atoms with van der Waals surface area (Å²) in [5.74, 6) is 6.90. The molecule has 3 aromatic rings. The molecule has 0 atom stereocenters. The quantitative estimate of drug-likeness (QED) is 0.537. The lowest BCUT2D eigenvalue weighted by Gasteiger charge is -2.05. The van der Waals surface area contributed by atoms with Gasteiger partial charge in [0.05, 0.1) is 0 Å². The molecule has 9 heteroatoms. The van der Waals surface area contributed by atoms with Gasteiger partial charge in [-0.3, -0.25) is 9.67 Å². The zero-order chi connectivity index (χ0) is 16.4. The number of nitrogen functional groups attached to an aromatic ring is 1. The van der Waals surface area contributed by atoms with Crippen LogP contribution in [0.25, 0.3) is 5.69 Å². The van der Waals surface area contributed by atoms with E-state index in [1.807, 2.05) is 37.3 Å². The molecule has 0 fully saturated rings. The summed E-state index contributed by atoms with van der Waals surface area (Å²) < 4.78 is 4.62. The van der Waals surface area contributed by atoms with E-state index in [2.05, 4.69) is 15.3 Å². The maximum absolute atomic E-state index is 12.2. The molecule has 0 aliphatic rings. The smallest absolute Gasteiger partial charge is 0.333 e. The molecular weight excluding hydrogens is 314 g/mol. The number of para-hydroxylation sites is 1. The summed E-state index contributed by atoms with van der Waals surface area (Å²) in [6.07, 6.45) is 1.50. The lowest BCUT2D eigenvalue weighted by Crippen LogP contribution is -2.31. The summed E-state index contributed by atoms with van der Waals surface area (Å²) in [5, 5.41) is 11.2. The molecule has 0 aliphatic carbocycles. The van der Waals surface area contributed by atoms with E-state index in [4.69, 9.17) is 18.1 Å². The Hall–Kier alpha value is -2.68. The minimum absolute atomic E-state index is 0.182. The van der Waals surface area contributed by atoms with E-state index in [1.165, 1.54) is 4.68 Å². The van der Waals surface area contributed by atoms with Crippen LogP contribution >= 0.6 is 12.2 Å². The average Bonchev–Trinajstić information content (AvgIpc) is 3.04. The minimum Gasteiger partial charge on any atom is -0.333 e. The van der Waals surface area contributed by atoms with Crippen molar-refractivity contribution in [3.63, 3.8) is 0 Å². The lowest BCUT2D eigenvalue weighted by molar-refractivity contribution is 0.611. The molecule has 120 valence electrons. The van der Waals surface area contributed by atoms with E-state index >= 15 is 0 Å². The lowest BCUT2D eigenvalue weighted by atomic mass is 10.3. The molecule has 8 nitrogen and oxygen atoms in total. The van der Waals surface area contributed by atoms with Crippen LogP contribution in [0.5, 0.6) is 0 Å². The van der Waals surface area contributed by atoms with Gasteiger partial charge in [-0.05, 0) is 30.8 Å². The van der Waals surface area contributed by atoms with Gasteiger partial charge < -0.3 is 5.84 Å². The van der Waals surface area contributed by atoms with Crippen LogP contribution < -0.4 is 11.5 Å². The molecule has 2 heterocycles. The number of nitrogens with zero attached hydrogens (tertiary/aromatic N) is 5. The van der Waals surface area contributed by atoms with Crippen molar-refractivity contribution in [1.82, 2.24) is 29.2 Å². The zero-order valence-electron chi connectivity index (χ0n) is 12.6. The topological polar surface area (TPSA) is 99.5 Å². The van der Waals surface area contributed by atoms with Gasteiger partial charge in [-0.25, -0.2) is 9.48 Å². The highest BCUT2D eigenvalue weighted by molar-refractivity contribution is 7.71. The van der Waals surface area contributed by atoms with E-state index in [1.54, 1.807) is 4.57 Å². The summed E-state index contributed by atoms with van der Waals surface area (Å²) in [7, 11) is 0. The molecule has 2 aromatic heterocycles. The minimum atomic E-state index is -0.373. The predicted octanol–water partition coefficient (Wildman–Crippen LogP) is 1.00. The SMILES string of the molecule is CCCc1nn(Cc2n[nH]c(=S)n2-c2ccccc2)c(=O)n1N. The summed E-state index contributed by atoms with van der Waals surface area (Å²) in [6, 6.07) is 9.58. The van der Waals surface area contributed by atoms with E-state index in [0.717, 1.165) is 16.8 Å². The molecule has 3 rings (SSSR count). The Morgan fingerprint density at radius 3 is 2.70 bits per heavy atom. The first-order valence-electron chi connectivity index (χ1n) is 7.27. The molecule has 3 N–H and O–H groups in total. The highest BCUT2D eigenvalue weighted by Crippen LogP contribution is 2.11. The Morgan fingerprint density at radius 2 is 2.00 bits per heavy atom. The van der Waals surface area contributed by atoms with Gasteiger partial charge in [0, 0.05) is 12.1 Å². The van der Waals surface area contributed by atoms with Crippen molar-refractivity contribution in [2.75, 3.05) is 5.84 Å². The van der Waals surface area contributed by atoms with E-state index in [9.17, 15) is 4.79 Å². The van der Waals surface area contributed by atoms with Gasteiger partial charge in [0.15, 0.2) is 16.4 Å². The number of aryl methyl sites for hydroxylation is 1. The van der Waals surface area contributed by atoms with Crippen LogP contribution in [0.15, 0.2) is 35.1 Å². The van der Waals surface area contributed by atoms with Gasteiger partial charge in [-0.15, -0.1) is 0 Å². The van der Waals surface area contributed by atoms with Crippen molar-refractivity contribution >= 4 is 12.2 Å². The number of rotatable bonds is 5. The Bertz CT molecular complexity index is 919. The van der Waals surface area contributed by atoms with Gasteiger partial charge in [0.25, 0.3) is 0 Å². The van der Waals surface area contributed by atoms with Crippen molar-refractivity contribution in [2.45, 2.75) is 26.3 Å². The van der Waals surface area contributed by atoms with Crippen LogP contribution in [0, 0.1) is 4.77 Å². The molecule has 0 spiro atoms. The fourth-order valence-corrected chi connectivity index (χ4v) is 2.63. The van der Waals surface area contributed by atoms with Crippen LogP contribution in [-0.2, 0) is 13.0 Å². The van der Waals surface area contributed by atoms with E-state index in [-0.39, 0.29) is 12.2 Å². The third-order valence-corrected chi connectivity index (χ3v) is 3.74. The van der Waals surface area contributed by atoms with Gasteiger partial charge >= 0.3 is 5.69 Å². The summed E-state index contributed by atoms with van der Waals surface area (Å²) in [4.78, 5) is 12.2. The molecule has 0 saturated carbocycles. The Labute approximate surface area is 137 Å². The van der Waals surface area contributed by atoms with Crippen molar-refractivity contribution in [2.24, 2.45) is 0 Å². The standard InChI is InChI=1S/C14H17N7OS/c1-2-6-11-18-19(14(22)21(11)15)9-12-16-17-13(23)20(12)10-7-4-3-5-8-10/h3-5,7-8H,2,6,9,15H2,1H3,(H,17,23). The Morgan fingerprint density at radius 1 is 1.26 bits per heavy atom. The van der Waals surface area contributed by atoms with E-state index < -0.39 is 0 Å². The molecule has 0 bridgehead atoms. The fourth-order valence-electron chi connectivity index (χ4n) is 2.38. The second-order valence-corrected chi connectivity index (χ2v) is 5.48. The Kier molecular flexibility index (Phi) is 4.11. The molecule has 0 saturated heterocycles. The average molecular weight is 331 g/mol. The number of benzene rings is 1. The Balaban J connectivity index is 2.01. The first-order chi connectivity index (χ1) is 11.1. The van der Waals surface area contributed by atoms with Crippen molar-refractivity contribution in [3.8, 4) is 5.69 Å². The number of nitrogens with one attached hydrogen (secondary N) is 1. The summed E-state index contributed by atoms with van der Waals surface area (Å²) >= 11 is 5.28. The number of nitrogens with two attached hydrogens (primary N) is 1. The maximum Gasteiger partial charge on any atom is 0.365 e. The molecule has 1 aromatic carbocycles. The number of hydrogen-bond acceptors (Lipinski definition) is 5. The second kappa shape index (κ2) is 6.21. The van der Waals surface area contributed by atoms with E-state index in [0.29, 0.717) is 22.8 Å². The zero-order valence-corrected chi connectivity index (χ0v) is 13.5. The highest BCUT2D eigenvalue weighted by Gasteiger charge is 2.14. The molecule has 23 heavy (non-hydrogen) atoms. The van der Waals surface area contributed by atoms with Crippen LogP contribution in [0.1, 0.15) is 25.0 Å². The molecule has 0 aliphatic heterocycles.